The number of anilines is 2. The van der Waals surface area contributed by atoms with Gasteiger partial charge < -0.3 is 5.32 Å². The minimum Gasteiger partial charge on any atom is -0.355 e. The molecule has 0 atom stereocenters. The van der Waals surface area contributed by atoms with E-state index in [-0.39, 0.29) is 0 Å². The topological polar surface area (TPSA) is 29.1 Å². The van der Waals surface area contributed by atoms with Crippen LogP contribution in [-0.4, -0.2) is 6.29 Å². The first-order chi connectivity index (χ1) is 7.81. The third-order valence-electron chi connectivity index (χ3n) is 2.32. The molecule has 0 spiro atoms. The lowest BCUT2D eigenvalue weighted by atomic mass is 10.1. The van der Waals surface area contributed by atoms with Gasteiger partial charge in [0, 0.05) is 16.9 Å². The molecule has 0 fully saturated rings. The van der Waals surface area contributed by atoms with Gasteiger partial charge in [0.05, 0.1) is 0 Å². The van der Waals surface area contributed by atoms with Crippen LogP contribution < -0.4 is 5.32 Å². The van der Waals surface area contributed by atoms with Gasteiger partial charge in [-0.05, 0) is 30.7 Å². The lowest BCUT2D eigenvalue weighted by Crippen LogP contribution is -1.96. The van der Waals surface area contributed by atoms with E-state index in [0.717, 1.165) is 16.9 Å². The van der Waals surface area contributed by atoms with E-state index in [1.54, 1.807) is 6.07 Å². The number of nitrogens with one attached hydrogen (secondary N) is 1. The summed E-state index contributed by atoms with van der Waals surface area (Å²) in [5, 5.41) is 3.17. The van der Waals surface area contributed by atoms with Gasteiger partial charge in [0.2, 0.25) is 6.29 Å². The van der Waals surface area contributed by atoms with Crippen LogP contribution in [-0.2, 0) is 4.79 Å². The van der Waals surface area contributed by atoms with E-state index >= 15 is 0 Å². The minimum absolute atomic E-state index is 0.519. The highest BCUT2D eigenvalue weighted by Gasteiger charge is 2.02. The highest BCUT2D eigenvalue weighted by Crippen LogP contribution is 2.21. The number of para-hydroxylation sites is 2. The highest BCUT2D eigenvalue weighted by molar-refractivity contribution is 5.86. The molecule has 0 saturated carbocycles. The fourth-order valence-electron chi connectivity index (χ4n) is 1.47. The Bertz CT molecular complexity index is 506. The number of hydrogen-bond donors (Lipinski definition) is 1. The second-order valence-corrected chi connectivity index (χ2v) is 3.43. The van der Waals surface area contributed by atoms with Crippen LogP contribution in [0.2, 0.25) is 0 Å². The zero-order chi connectivity index (χ0) is 11.4. The average Bonchev–Trinajstić information content (AvgIpc) is 2.33. The molecular formula is C14H11NO. The summed E-state index contributed by atoms with van der Waals surface area (Å²) >= 11 is 0. The summed E-state index contributed by atoms with van der Waals surface area (Å²) in [5.41, 5.74) is 3.05. The Balaban J connectivity index is 2.34. The van der Waals surface area contributed by atoms with E-state index < -0.39 is 0 Å². The Morgan fingerprint density at radius 3 is 2.25 bits per heavy atom. The van der Waals surface area contributed by atoms with Crippen molar-refractivity contribution in [1.82, 2.24) is 0 Å². The second-order valence-electron chi connectivity index (χ2n) is 3.43. The lowest BCUT2D eigenvalue weighted by molar-refractivity contribution is 0.563. The van der Waals surface area contributed by atoms with Crippen LogP contribution in [0.4, 0.5) is 11.4 Å². The molecule has 0 bridgehead atoms. The Labute approximate surface area is 94.9 Å². The Morgan fingerprint density at radius 1 is 0.938 bits per heavy atom. The van der Waals surface area contributed by atoms with Crippen molar-refractivity contribution in [1.29, 1.82) is 0 Å². The fourth-order valence-corrected chi connectivity index (χ4v) is 1.47. The highest BCUT2D eigenvalue weighted by atomic mass is 16.1. The summed E-state index contributed by atoms with van der Waals surface area (Å²) < 4.78 is 0. The Kier molecular flexibility index (Phi) is 3.01. The summed E-state index contributed by atoms with van der Waals surface area (Å²) in [4.78, 5) is 10.7. The van der Waals surface area contributed by atoms with Crippen molar-refractivity contribution in [3.8, 4) is 0 Å². The quantitative estimate of drug-likeness (QED) is 0.841. The smallest absolute Gasteiger partial charge is 0.235 e. The van der Waals surface area contributed by atoms with E-state index in [0.29, 0.717) is 5.56 Å². The average molecular weight is 209 g/mol. The molecule has 0 aliphatic carbocycles. The van der Waals surface area contributed by atoms with Crippen molar-refractivity contribution in [2.45, 2.75) is 0 Å². The first kappa shape index (κ1) is 10.4. The molecular weight excluding hydrogens is 198 g/mol. The van der Waals surface area contributed by atoms with E-state index in [2.05, 4.69) is 12.2 Å². The van der Waals surface area contributed by atoms with Crippen molar-refractivity contribution in [3.05, 3.63) is 66.6 Å². The molecule has 16 heavy (non-hydrogen) atoms. The molecule has 0 aliphatic heterocycles. The van der Waals surface area contributed by atoms with Gasteiger partial charge in [-0.25, -0.2) is 0 Å². The molecule has 2 radical (unpaired) electrons. The number of hydrogen-bond acceptors (Lipinski definition) is 2. The van der Waals surface area contributed by atoms with Gasteiger partial charge in [0.15, 0.2) is 0 Å². The molecule has 0 aliphatic rings. The molecule has 2 aromatic carbocycles. The van der Waals surface area contributed by atoms with Crippen LogP contribution in [0, 0.1) is 6.92 Å². The van der Waals surface area contributed by atoms with Crippen LogP contribution in [0.5, 0.6) is 0 Å². The predicted octanol–water partition coefficient (Wildman–Crippen LogP) is 3.07. The summed E-state index contributed by atoms with van der Waals surface area (Å²) in [7, 11) is 0. The van der Waals surface area contributed by atoms with Gasteiger partial charge in [0.1, 0.15) is 0 Å². The molecule has 1 N–H and O–H groups in total. The van der Waals surface area contributed by atoms with Crippen molar-refractivity contribution in [3.63, 3.8) is 0 Å². The molecule has 2 rings (SSSR count). The number of benzene rings is 2. The fraction of sp³-hybridized carbons (Fsp3) is 0. The van der Waals surface area contributed by atoms with E-state index in [1.165, 1.54) is 0 Å². The SMILES string of the molecule is [CH2]c1ccccc1Nc1ccccc1[C]=O. The van der Waals surface area contributed by atoms with Crippen LogP contribution in [0.1, 0.15) is 11.1 Å². The Morgan fingerprint density at radius 2 is 1.56 bits per heavy atom. The first-order valence-electron chi connectivity index (χ1n) is 4.96. The normalized spacial score (nSPS) is 9.81. The summed E-state index contributed by atoms with van der Waals surface area (Å²) in [6, 6.07) is 14.9. The molecule has 0 aromatic heterocycles. The largest absolute Gasteiger partial charge is 0.355 e. The van der Waals surface area contributed by atoms with Crippen molar-refractivity contribution in [2.75, 3.05) is 5.32 Å². The van der Waals surface area contributed by atoms with Crippen LogP contribution >= 0.6 is 0 Å². The maximum absolute atomic E-state index is 10.7. The van der Waals surface area contributed by atoms with Gasteiger partial charge in [-0.15, -0.1) is 0 Å². The molecule has 2 heteroatoms. The predicted molar refractivity (Wildman–Crippen MR) is 65.4 cm³/mol. The van der Waals surface area contributed by atoms with Gasteiger partial charge in [-0.1, -0.05) is 30.3 Å². The molecule has 2 nitrogen and oxygen atoms in total. The third-order valence-corrected chi connectivity index (χ3v) is 2.32. The molecule has 78 valence electrons. The van der Waals surface area contributed by atoms with E-state index in [1.807, 2.05) is 48.8 Å². The third kappa shape index (κ3) is 2.11. The number of rotatable bonds is 3. The first-order valence-corrected chi connectivity index (χ1v) is 4.96. The van der Waals surface area contributed by atoms with Gasteiger partial charge in [0.25, 0.3) is 0 Å². The summed E-state index contributed by atoms with van der Waals surface area (Å²) in [5.74, 6) is 0. The van der Waals surface area contributed by atoms with Crippen molar-refractivity contribution in [2.24, 2.45) is 0 Å². The lowest BCUT2D eigenvalue weighted by Gasteiger charge is -2.10. The molecule has 0 heterocycles. The zero-order valence-corrected chi connectivity index (χ0v) is 8.73. The van der Waals surface area contributed by atoms with Gasteiger partial charge in [-0.3, -0.25) is 4.79 Å². The van der Waals surface area contributed by atoms with Crippen LogP contribution in [0.15, 0.2) is 48.5 Å². The minimum atomic E-state index is 0.519. The summed E-state index contributed by atoms with van der Waals surface area (Å²) in [6.07, 6.45) is 1.90. The van der Waals surface area contributed by atoms with Crippen LogP contribution in [0.3, 0.4) is 0 Å². The van der Waals surface area contributed by atoms with E-state index in [4.69, 9.17) is 0 Å². The second kappa shape index (κ2) is 4.62. The van der Waals surface area contributed by atoms with Crippen molar-refractivity contribution < 1.29 is 4.79 Å². The molecule has 2 aromatic rings. The molecule has 0 amide bonds. The van der Waals surface area contributed by atoms with E-state index in [9.17, 15) is 4.79 Å². The van der Waals surface area contributed by atoms with Crippen molar-refractivity contribution >= 4 is 17.7 Å². The monoisotopic (exact) mass is 209 g/mol. The molecule has 0 saturated heterocycles. The maximum atomic E-state index is 10.7. The summed E-state index contributed by atoms with van der Waals surface area (Å²) in [6.45, 7) is 3.91. The van der Waals surface area contributed by atoms with Gasteiger partial charge >= 0.3 is 0 Å². The van der Waals surface area contributed by atoms with Gasteiger partial charge in [-0.2, -0.15) is 0 Å². The maximum Gasteiger partial charge on any atom is 0.235 e. The standard InChI is InChI=1S/C14H11NO/c1-11-6-2-4-8-13(11)15-14-9-5-3-7-12(14)10-16/h2-9,15H,1H2. The Hall–Kier alpha value is -2.09. The van der Waals surface area contributed by atoms with Crippen LogP contribution in [0.25, 0.3) is 0 Å². The number of carbonyl (C=O) groups excluding carboxylic acids is 1. The zero-order valence-electron chi connectivity index (χ0n) is 8.73. The molecule has 0 unspecified atom stereocenters.